The molecule has 0 bridgehead atoms. The van der Waals surface area contributed by atoms with Gasteiger partial charge in [0.05, 0.1) is 21.5 Å². The number of carbonyl (C=O) groups is 2. The predicted octanol–water partition coefficient (Wildman–Crippen LogP) is 6.31. The molecular formula is C28H33F2N5O5S. The second-order valence-electron chi connectivity index (χ2n) is 10.9. The van der Waals surface area contributed by atoms with Gasteiger partial charge in [0.15, 0.2) is 12.2 Å². The highest BCUT2D eigenvalue weighted by atomic mass is 32.2. The maximum absolute atomic E-state index is 14.1. The molecule has 41 heavy (non-hydrogen) atoms. The van der Waals surface area contributed by atoms with Gasteiger partial charge in [0.1, 0.15) is 11.4 Å². The summed E-state index contributed by atoms with van der Waals surface area (Å²) in [5, 5.41) is 2.80. The van der Waals surface area contributed by atoms with Crippen molar-refractivity contribution in [2.24, 2.45) is 4.36 Å². The summed E-state index contributed by atoms with van der Waals surface area (Å²) in [4.78, 5) is 36.3. The number of hydrogen-bond donors (Lipinski definition) is 1. The summed E-state index contributed by atoms with van der Waals surface area (Å²) in [7, 11) is -3.20. The van der Waals surface area contributed by atoms with Crippen LogP contribution < -0.4 is 10.2 Å². The van der Waals surface area contributed by atoms with Gasteiger partial charge in [-0.25, -0.2) is 27.8 Å². The van der Waals surface area contributed by atoms with Crippen LogP contribution in [-0.4, -0.2) is 57.0 Å². The largest absolute Gasteiger partial charge is 0.443 e. The number of hydrogen-bond acceptors (Lipinski definition) is 8. The average molecular weight is 590 g/mol. The van der Waals surface area contributed by atoms with Crippen LogP contribution >= 0.6 is 0 Å². The van der Waals surface area contributed by atoms with E-state index in [4.69, 9.17) is 9.15 Å². The van der Waals surface area contributed by atoms with Gasteiger partial charge in [-0.2, -0.15) is 0 Å². The number of halogens is 2. The Hall–Kier alpha value is -3.87. The Bertz CT molecular complexity index is 1560. The van der Waals surface area contributed by atoms with Crippen molar-refractivity contribution in [3.8, 4) is 11.3 Å². The highest BCUT2D eigenvalue weighted by molar-refractivity contribution is 7.93. The van der Waals surface area contributed by atoms with Crippen LogP contribution in [0.4, 0.5) is 25.1 Å². The van der Waals surface area contributed by atoms with Crippen molar-refractivity contribution in [2.45, 2.75) is 63.4 Å². The van der Waals surface area contributed by atoms with Gasteiger partial charge in [-0.15, -0.1) is 4.36 Å². The van der Waals surface area contributed by atoms with E-state index in [0.29, 0.717) is 29.1 Å². The van der Waals surface area contributed by atoms with E-state index in [1.165, 1.54) is 37.2 Å². The van der Waals surface area contributed by atoms with E-state index in [1.807, 2.05) is 0 Å². The molecule has 3 heterocycles. The second kappa shape index (κ2) is 11.6. The summed E-state index contributed by atoms with van der Waals surface area (Å²) in [6, 6.07) is 6.17. The molecule has 1 saturated heterocycles. The Labute approximate surface area is 237 Å². The molecule has 0 aliphatic carbocycles. The summed E-state index contributed by atoms with van der Waals surface area (Å²) in [6.45, 7) is 7.08. The van der Waals surface area contributed by atoms with Crippen LogP contribution in [0, 0.1) is 6.92 Å². The van der Waals surface area contributed by atoms with E-state index in [1.54, 1.807) is 44.7 Å². The third-order valence-electron chi connectivity index (χ3n) is 6.43. The minimum Gasteiger partial charge on any atom is -0.443 e. The molecular weight excluding hydrogens is 556 g/mol. The summed E-state index contributed by atoms with van der Waals surface area (Å²) < 4.78 is 55.9. The van der Waals surface area contributed by atoms with Gasteiger partial charge < -0.3 is 19.4 Å². The molecule has 220 valence electrons. The van der Waals surface area contributed by atoms with Crippen molar-refractivity contribution >= 4 is 33.2 Å². The number of benzene rings is 1. The van der Waals surface area contributed by atoms with Crippen LogP contribution in [-0.2, 0) is 14.5 Å². The fraction of sp³-hybridized carbons (Fsp3) is 0.429. The lowest BCUT2D eigenvalue weighted by Crippen LogP contribution is -2.30. The van der Waals surface area contributed by atoms with Gasteiger partial charge in [0, 0.05) is 54.5 Å². The van der Waals surface area contributed by atoms with Crippen LogP contribution in [0.2, 0.25) is 0 Å². The number of nitrogens with one attached hydrogen (secondary N) is 1. The molecule has 2 amide bonds. The molecule has 1 N–H and O–H groups in total. The van der Waals surface area contributed by atoms with Gasteiger partial charge in [-0.1, -0.05) is 6.07 Å². The van der Waals surface area contributed by atoms with Crippen LogP contribution in [0.15, 0.2) is 56.7 Å². The van der Waals surface area contributed by atoms with E-state index < -0.39 is 33.3 Å². The van der Waals surface area contributed by atoms with E-state index in [-0.39, 0.29) is 42.1 Å². The van der Waals surface area contributed by atoms with Crippen molar-refractivity contribution in [3.63, 3.8) is 0 Å². The standard InChI is InChI=1S/C28H33F2N5O5S/c1-18-21(22-16-31-17-39-22)15-32-24(35-12-7-10-28(29,30)11-13-35)23(18)25(36)33-19-8-6-9-20(14-19)41(5,38)34-26(37)40-27(2,3)4/h6,8-9,14-17H,7,10-13H2,1-5H3,(H,33,36)/t41-/m1/s1. The molecule has 3 aromatic rings. The molecule has 13 heteroatoms. The quantitative estimate of drug-likeness (QED) is 0.367. The van der Waals surface area contributed by atoms with E-state index in [9.17, 15) is 22.6 Å². The molecule has 0 spiro atoms. The lowest BCUT2D eigenvalue weighted by atomic mass is 10.0. The Morgan fingerprint density at radius 3 is 2.63 bits per heavy atom. The van der Waals surface area contributed by atoms with Gasteiger partial charge in [0.2, 0.25) is 5.92 Å². The highest BCUT2D eigenvalue weighted by Crippen LogP contribution is 2.34. The number of ether oxygens (including phenoxy) is 1. The van der Waals surface area contributed by atoms with Gasteiger partial charge in [-0.3, -0.25) is 4.79 Å². The maximum Gasteiger partial charge on any atom is 0.442 e. The number of rotatable bonds is 5. The van der Waals surface area contributed by atoms with Crippen molar-refractivity contribution < 1.29 is 31.7 Å². The molecule has 1 fully saturated rings. The summed E-state index contributed by atoms with van der Waals surface area (Å²) >= 11 is 0. The number of amides is 2. The van der Waals surface area contributed by atoms with Crippen LogP contribution in [0.1, 0.15) is 56.0 Å². The molecule has 0 unspecified atom stereocenters. The molecule has 4 rings (SSSR count). The zero-order chi connectivity index (χ0) is 30.0. The second-order valence-corrected chi connectivity index (χ2v) is 13.2. The first-order chi connectivity index (χ1) is 19.2. The SMILES string of the molecule is Cc1c(-c2cnco2)cnc(N2CCCC(F)(F)CC2)c1C(=O)Nc1cccc([S@@](C)(=O)=NC(=O)OC(C)(C)C)c1. The first-order valence-electron chi connectivity index (χ1n) is 13.0. The molecule has 1 aliphatic heterocycles. The first-order valence-corrected chi connectivity index (χ1v) is 15.0. The van der Waals surface area contributed by atoms with E-state index in [0.717, 1.165) is 0 Å². The maximum atomic E-state index is 14.1. The van der Waals surface area contributed by atoms with Crippen LogP contribution in [0.25, 0.3) is 11.3 Å². The van der Waals surface area contributed by atoms with Crippen molar-refractivity contribution in [2.75, 3.05) is 29.6 Å². The summed E-state index contributed by atoms with van der Waals surface area (Å²) in [5.74, 6) is -2.67. The monoisotopic (exact) mass is 589 g/mol. The molecule has 0 saturated carbocycles. The minimum atomic E-state index is -3.20. The van der Waals surface area contributed by atoms with Crippen molar-refractivity contribution in [3.05, 3.63) is 54.2 Å². The Morgan fingerprint density at radius 1 is 1.20 bits per heavy atom. The molecule has 1 aliphatic rings. The predicted molar refractivity (Wildman–Crippen MR) is 151 cm³/mol. The zero-order valence-electron chi connectivity index (χ0n) is 23.6. The fourth-order valence-electron chi connectivity index (χ4n) is 4.45. The zero-order valence-corrected chi connectivity index (χ0v) is 24.4. The Balaban J connectivity index is 1.69. The number of oxazole rings is 1. The summed E-state index contributed by atoms with van der Waals surface area (Å²) in [5.41, 5.74) is 0.720. The molecule has 1 atom stereocenters. The first kappa shape index (κ1) is 30.1. The Morgan fingerprint density at radius 2 is 1.95 bits per heavy atom. The number of pyridine rings is 1. The van der Waals surface area contributed by atoms with Gasteiger partial charge in [0.25, 0.3) is 5.91 Å². The van der Waals surface area contributed by atoms with Crippen molar-refractivity contribution in [1.82, 2.24) is 9.97 Å². The lowest BCUT2D eigenvalue weighted by Gasteiger charge is -2.25. The molecule has 2 aromatic heterocycles. The van der Waals surface area contributed by atoms with Gasteiger partial charge >= 0.3 is 6.09 Å². The topological polar surface area (TPSA) is 127 Å². The number of carbonyl (C=O) groups excluding carboxylic acids is 2. The molecule has 10 nitrogen and oxygen atoms in total. The normalized spacial score (nSPS) is 16.8. The third-order valence-corrected chi connectivity index (χ3v) is 8.06. The third kappa shape index (κ3) is 7.46. The number of aromatic nitrogens is 2. The van der Waals surface area contributed by atoms with E-state index >= 15 is 0 Å². The molecule has 0 radical (unpaired) electrons. The molecule has 1 aromatic carbocycles. The number of nitrogens with zero attached hydrogens (tertiary/aromatic N) is 4. The Kier molecular flexibility index (Phi) is 8.48. The minimum absolute atomic E-state index is 0.0287. The smallest absolute Gasteiger partial charge is 0.442 e. The fourth-order valence-corrected chi connectivity index (χ4v) is 5.56. The number of alkyl halides is 2. The van der Waals surface area contributed by atoms with Gasteiger partial charge in [-0.05, 0) is 57.9 Å². The van der Waals surface area contributed by atoms with Crippen LogP contribution in [0.3, 0.4) is 0 Å². The highest BCUT2D eigenvalue weighted by Gasteiger charge is 2.34. The lowest BCUT2D eigenvalue weighted by molar-refractivity contribution is -0.0102. The summed E-state index contributed by atoms with van der Waals surface area (Å²) in [6.07, 6.45) is 4.29. The number of anilines is 2. The van der Waals surface area contributed by atoms with Crippen molar-refractivity contribution in [1.29, 1.82) is 0 Å². The van der Waals surface area contributed by atoms with E-state index in [2.05, 4.69) is 19.6 Å². The van der Waals surface area contributed by atoms with Crippen LogP contribution in [0.5, 0.6) is 0 Å². The average Bonchev–Trinajstić information content (AvgIpc) is 3.32.